The zero-order chi connectivity index (χ0) is 39.1. The number of benzene rings is 9. The van der Waals surface area contributed by atoms with Crippen LogP contribution in [0.5, 0.6) is 0 Å². The lowest BCUT2D eigenvalue weighted by Crippen LogP contribution is -2.10. The summed E-state index contributed by atoms with van der Waals surface area (Å²) in [5, 5.41) is 9.79. The predicted octanol–water partition coefficient (Wildman–Crippen LogP) is 15.2. The first-order valence-corrected chi connectivity index (χ1v) is 20.0. The summed E-state index contributed by atoms with van der Waals surface area (Å²) < 4.78 is 0. The lowest BCUT2D eigenvalue weighted by Gasteiger charge is -2.27. The van der Waals surface area contributed by atoms with Gasteiger partial charge < -0.3 is 4.90 Å². The highest BCUT2D eigenvalue weighted by molar-refractivity contribution is 6.23. The molecule has 0 spiro atoms. The lowest BCUT2D eigenvalue weighted by atomic mass is 9.84. The maximum atomic E-state index is 4.41. The highest BCUT2D eigenvalue weighted by Gasteiger charge is 2.19. The van der Waals surface area contributed by atoms with Gasteiger partial charge in [-0.05, 0) is 119 Å². The lowest BCUT2D eigenvalue weighted by molar-refractivity contribution is 1.29. The number of hydrogen-bond donors (Lipinski definition) is 0. The molecule has 59 heavy (non-hydrogen) atoms. The van der Waals surface area contributed by atoms with Gasteiger partial charge in [-0.25, -0.2) is 0 Å². The van der Waals surface area contributed by atoms with Crippen LogP contribution in [-0.2, 0) is 0 Å². The van der Waals surface area contributed by atoms with Crippen LogP contribution >= 0.6 is 0 Å². The molecular formula is C56H37N3. The molecule has 276 valence electrons. The monoisotopic (exact) mass is 751 g/mol. The molecular weight excluding hydrogens is 715 g/mol. The quantitative estimate of drug-likeness (QED) is 0.152. The second-order valence-electron chi connectivity index (χ2n) is 15.0. The summed E-state index contributed by atoms with van der Waals surface area (Å²) in [4.78, 5) is 11.1. The number of pyridine rings is 2. The van der Waals surface area contributed by atoms with Crippen LogP contribution < -0.4 is 4.90 Å². The first-order chi connectivity index (χ1) is 29.3. The van der Waals surface area contributed by atoms with Crippen LogP contribution in [0, 0.1) is 0 Å². The third-order valence-electron chi connectivity index (χ3n) is 11.6. The predicted molar refractivity (Wildman–Crippen MR) is 248 cm³/mol. The minimum Gasteiger partial charge on any atom is -0.310 e. The van der Waals surface area contributed by atoms with E-state index in [-0.39, 0.29) is 0 Å². The molecule has 2 aromatic heterocycles. The molecule has 0 saturated heterocycles. The number of hydrogen-bond acceptors (Lipinski definition) is 3. The Morgan fingerprint density at radius 3 is 1.44 bits per heavy atom. The van der Waals surface area contributed by atoms with Gasteiger partial charge in [-0.1, -0.05) is 158 Å². The smallest absolute Gasteiger partial charge is 0.0541 e. The Balaban J connectivity index is 0.982. The molecule has 0 radical (unpaired) electrons. The van der Waals surface area contributed by atoms with E-state index in [1.165, 1.54) is 60.1 Å². The summed E-state index contributed by atoms with van der Waals surface area (Å²) in [6, 6.07) is 72.5. The summed E-state index contributed by atoms with van der Waals surface area (Å²) in [7, 11) is 0. The van der Waals surface area contributed by atoms with Crippen LogP contribution in [0.15, 0.2) is 225 Å². The van der Waals surface area contributed by atoms with E-state index in [4.69, 9.17) is 0 Å². The summed E-state index contributed by atoms with van der Waals surface area (Å²) in [5.41, 5.74) is 12.8. The van der Waals surface area contributed by atoms with Gasteiger partial charge in [-0.2, -0.15) is 0 Å². The molecule has 0 aliphatic heterocycles. The minimum absolute atomic E-state index is 1.07. The first-order valence-electron chi connectivity index (χ1n) is 20.0. The van der Waals surface area contributed by atoms with Crippen LogP contribution in [0.25, 0.3) is 87.6 Å². The van der Waals surface area contributed by atoms with Crippen molar-refractivity contribution < 1.29 is 0 Å². The van der Waals surface area contributed by atoms with Gasteiger partial charge in [0.1, 0.15) is 0 Å². The highest BCUT2D eigenvalue weighted by atomic mass is 15.1. The third kappa shape index (κ3) is 6.08. The summed E-state index contributed by atoms with van der Waals surface area (Å²) in [6.07, 6.45) is 7.51. The maximum absolute atomic E-state index is 4.41. The van der Waals surface area contributed by atoms with E-state index in [9.17, 15) is 0 Å². The zero-order valence-corrected chi connectivity index (χ0v) is 32.2. The van der Waals surface area contributed by atoms with Gasteiger partial charge in [0.05, 0.1) is 5.69 Å². The fraction of sp³-hybridized carbons (Fsp3) is 0. The van der Waals surface area contributed by atoms with Crippen molar-refractivity contribution in [2.24, 2.45) is 0 Å². The summed E-state index contributed by atoms with van der Waals surface area (Å²) in [6.45, 7) is 0. The molecule has 9 aromatic carbocycles. The Hall–Kier alpha value is -7.88. The van der Waals surface area contributed by atoms with E-state index >= 15 is 0 Å². The Morgan fingerprint density at radius 1 is 0.288 bits per heavy atom. The zero-order valence-electron chi connectivity index (χ0n) is 32.2. The largest absolute Gasteiger partial charge is 0.310 e. The Bertz CT molecular complexity index is 3230. The number of anilines is 3. The highest BCUT2D eigenvalue weighted by Crippen LogP contribution is 2.46. The molecule has 0 unspecified atom stereocenters. The summed E-state index contributed by atoms with van der Waals surface area (Å²) in [5.74, 6) is 0. The average Bonchev–Trinajstić information content (AvgIpc) is 3.31. The van der Waals surface area contributed by atoms with Gasteiger partial charge in [0.15, 0.2) is 0 Å². The second-order valence-corrected chi connectivity index (χ2v) is 15.0. The van der Waals surface area contributed by atoms with Crippen LogP contribution in [0.1, 0.15) is 0 Å². The van der Waals surface area contributed by atoms with E-state index in [0.717, 1.165) is 44.5 Å². The summed E-state index contributed by atoms with van der Waals surface area (Å²) >= 11 is 0. The van der Waals surface area contributed by atoms with Crippen molar-refractivity contribution in [3.05, 3.63) is 225 Å². The van der Waals surface area contributed by atoms with Gasteiger partial charge >= 0.3 is 0 Å². The number of nitrogens with zero attached hydrogens (tertiary/aromatic N) is 3. The van der Waals surface area contributed by atoms with E-state index in [1.807, 2.05) is 30.9 Å². The van der Waals surface area contributed by atoms with Crippen molar-refractivity contribution in [1.82, 2.24) is 9.97 Å². The van der Waals surface area contributed by atoms with Crippen LogP contribution in [-0.4, -0.2) is 9.97 Å². The van der Waals surface area contributed by atoms with E-state index in [2.05, 4.69) is 209 Å². The molecule has 3 heteroatoms. The van der Waals surface area contributed by atoms with E-state index in [1.54, 1.807) is 0 Å². The third-order valence-corrected chi connectivity index (χ3v) is 11.6. The van der Waals surface area contributed by atoms with E-state index in [0.29, 0.717) is 0 Å². The van der Waals surface area contributed by atoms with Gasteiger partial charge in [0, 0.05) is 46.9 Å². The van der Waals surface area contributed by atoms with Gasteiger partial charge in [0.25, 0.3) is 0 Å². The molecule has 0 aliphatic carbocycles. The van der Waals surface area contributed by atoms with E-state index < -0.39 is 0 Å². The maximum Gasteiger partial charge on any atom is 0.0541 e. The number of fused-ring (bicyclic) bond motifs is 4. The van der Waals surface area contributed by atoms with Crippen LogP contribution in [0.2, 0.25) is 0 Å². The van der Waals surface area contributed by atoms with Gasteiger partial charge in [-0.3, -0.25) is 9.97 Å². The molecule has 0 atom stereocenters. The molecule has 0 saturated carbocycles. The Morgan fingerprint density at radius 2 is 0.797 bits per heavy atom. The molecule has 0 fully saturated rings. The molecule has 0 aliphatic rings. The average molecular weight is 752 g/mol. The Labute approximate surface area is 343 Å². The normalized spacial score (nSPS) is 11.4. The van der Waals surface area contributed by atoms with Crippen molar-refractivity contribution in [3.63, 3.8) is 0 Å². The Kier molecular flexibility index (Phi) is 8.49. The molecule has 11 aromatic rings. The van der Waals surface area contributed by atoms with Crippen molar-refractivity contribution in [1.29, 1.82) is 0 Å². The molecule has 2 heterocycles. The number of rotatable bonds is 7. The number of aromatic nitrogens is 2. The standard InChI is InChI=1S/C56H37N3/c1-2-14-47-41(10-1)11-7-19-49(47)56-52-17-5-3-15-50(52)55(51-16-4-6-18-53(51)56)42-23-21-38(22-24-42)39-25-29-45(30-26-39)59(54-20-8-12-44-37-58-35-33-48(44)54)46-31-27-40(28-32-46)43-13-9-34-57-36-43/h1-37H. The molecule has 0 amide bonds. The molecule has 0 bridgehead atoms. The van der Waals surface area contributed by atoms with Crippen LogP contribution in [0.4, 0.5) is 17.1 Å². The fourth-order valence-electron chi connectivity index (χ4n) is 8.87. The molecule has 0 N–H and O–H groups in total. The second kappa shape index (κ2) is 14.6. The van der Waals surface area contributed by atoms with Crippen molar-refractivity contribution in [2.45, 2.75) is 0 Å². The first kappa shape index (κ1) is 34.4. The van der Waals surface area contributed by atoms with Crippen molar-refractivity contribution >= 4 is 60.2 Å². The van der Waals surface area contributed by atoms with Crippen molar-refractivity contribution in [2.75, 3.05) is 4.90 Å². The van der Waals surface area contributed by atoms with Crippen LogP contribution in [0.3, 0.4) is 0 Å². The fourth-order valence-corrected chi connectivity index (χ4v) is 8.87. The molecule has 11 rings (SSSR count). The van der Waals surface area contributed by atoms with Gasteiger partial charge in [0.2, 0.25) is 0 Å². The van der Waals surface area contributed by atoms with Crippen molar-refractivity contribution in [3.8, 4) is 44.5 Å². The minimum atomic E-state index is 1.07. The SMILES string of the molecule is c1cncc(-c2ccc(N(c3ccc(-c4ccc(-c5c6ccccc6c(-c6cccc7ccccc67)c6ccccc56)cc4)cc3)c3cccc4cnccc34)cc2)c1. The van der Waals surface area contributed by atoms with Gasteiger partial charge in [-0.15, -0.1) is 0 Å². The topological polar surface area (TPSA) is 29.0 Å². The molecule has 3 nitrogen and oxygen atoms in total.